The number of halogens is 1. The summed E-state index contributed by atoms with van der Waals surface area (Å²) in [6.07, 6.45) is 0.915. The molecule has 94 valence electrons. The van der Waals surface area contributed by atoms with E-state index in [-0.39, 0.29) is 17.8 Å². The Hall–Kier alpha value is -1.09. The summed E-state index contributed by atoms with van der Waals surface area (Å²) in [5, 5.41) is 9.35. The Labute approximate surface area is 102 Å². The molecule has 1 unspecified atom stereocenters. The van der Waals surface area contributed by atoms with Crippen molar-refractivity contribution in [3.8, 4) is 0 Å². The maximum absolute atomic E-state index is 13.7. The second-order valence-corrected chi connectivity index (χ2v) is 5.53. The number of para-hydroxylation sites is 1. The second-order valence-electron chi connectivity index (χ2n) is 5.53. The molecule has 2 rings (SSSR count). The van der Waals surface area contributed by atoms with Crippen molar-refractivity contribution < 1.29 is 9.50 Å². The average molecular weight is 237 g/mol. The molecule has 1 N–H and O–H groups in total. The van der Waals surface area contributed by atoms with Crippen LogP contribution in [-0.4, -0.2) is 24.8 Å². The van der Waals surface area contributed by atoms with Gasteiger partial charge in [0, 0.05) is 19.7 Å². The van der Waals surface area contributed by atoms with E-state index in [1.165, 1.54) is 6.07 Å². The lowest BCUT2D eigenvalue weighted by atomic mass is 9.74. The first-order valence-corrected chi connectivity index (χ1v) is 6.15. The predicted molar refractivity (Wildman–Crippen MR) is 67.6 cm³/mol. The molecule has 1 heterocycles. The van der Waals surface area contributed by atoms with Gasteiger partial charge in [-0.05, 0) is 29.9 Å². The molecule has 1 aliphatic heterocycles. The highest BCUT2D eigenvalue weighted by Gasteiger charge is 2.35. The van der Waals surface area contributed by atoms with Gasteiger partial charge in [-0.1, -0.05) is 26.0 Å². The van der Waals surface area contributed by atoms with Crippen LogP contribution in [0, 0.1) is 17.2 Å². The van der Waals surface area contributed by atoms with Gasteiger partial charge in [0.1, 0.15) is 5.82 Å². The van der Waals surface area contributed by atoms with Crippen molar-refractivity contribution in [2.75, 3.05) is 24.6 Å². The summed E-state index contributed by atoms with van der Waals surface area (Å²) in [5.41, 5.74) is 0.701. The van der Waals surface area contributed by atoms with Crippen LogP contribution in [0.25, 0.3) is 0 Å². The van der Waals surface area contributed by atoms with E-state index in [1.54, 1.807) is 6.07 Å². The molecule has 2 nitrogen and oxygen atoms in total. The Balaban J connectivity index is 2.18. The molecule has 0 spiro atoms. The van der Waals surface area contributed by atoms with E-state index in [1.807, 2.05) is 12.1 Å². The van der Waals surface area contributed by atoms with Gasteiger partial charge in [-0.25, -0.2) is 4.39 Å². The molecule has 17 heavy (non-hydrogen) atoms. The Morgan fingerprint density at radius 3 is 2.71 bits per heavy atom. The van der Waals surface area contributed by atoms with Crippen LogP contribution >= 0.6 is 0 Å². The van der Waals surface area contributed by atoms with Gasteiger partial charge in [0.2, 0.25) is 0 Å². The first-order valence-electron chi connectivity index (χ1n) is 6.15. The zero-order valence-electron chi connectivity index (χ0n) is 10.5. The standard InChI is InChI=1S/C14H20FNO/c1-14(2)10-16(8-7-11(14)9-17)13-6-4-3-5-12(13)15/h3-6,11,17H,7-10H2,1-2H3. The quantitative estimate of drug-likeness (QED) is 0.854. The number of hydrogen-bond donors (Lipinski definition) is 1. The van der Waals surface area contributed by atoms with E-state index >= 15 is 0 Å². The molecule has 0 radical (unpaired) electrons. The van der Waals surface area contributed by atoms with E-state index in [2.05, 4.69) is 18.7 Å². The third kappa shape index (κ3) is 2.44. The Bertz CT molecular complexity index is 392. The van der Waals surface area contributed by atoms with Gasteiger partial charge in [-0.2, -0.15) is 0 Å². The molecule has 0 amide bonds. The highest BCUT2D eigenvalue weighted by Crippen LogP contribution is 2.36. The molecule has 0 aromatic heterocycles. The maximum atomic E-state index is 13.7. The van der Waals surface area contributed by atoms with E-state index in [9.17, 15) is 9.50 Å². The van der Waals surface area contributed by atoms with E-state index < -0.39 is 0 Å². The van der Waals surface area contributed by atoms with E-state index in [0.29, 0.717) is 11.6 Å². The molecule has 1 saturated heterocycles. The first-order chi connectivity index (χ1) is 8.04. The maximum Gasteiger partial charge on any atom is 0.146 e. The normalized spacial score (nSPS) is 23.8. The molecule has 0 aliphatic carbocycles. The summed E-state index contributed by atoms with van der Waals surface area (Å²) in [4.78, 5) is 2.08. The van der Waals surface area contributed by atoms with Crippen molar-refractivity contribution in [3.63, 3.8) is 0 Å². The summed E-state index contributed by atoms with van der Waals surface area (Å²) in [6.45, 7) is 6.11. The second kappa shape index (κ2) is 4.65. The molecule has 1 fully saturated rings. The SMILES string of the molecule is CC1(C)CN(c2ccccc2F)CCC1CO. The molecule has 1 aromatic rings. The highest BCUT2D eigenvalue weighted by molar-refractivity contribution is 5.48. The van der Waals surface area contributed by atoms with Crippen molar-refractivity contribution in [3.05, 3.63) is 30.1 Å². The number of rotatable bonds is 2. The molecule has 1 atom stereocenters. The van der Waals surface area contributed by atoms with Crippen LogP contribution in [0.2, 0.25) is 0 Å². The molecule has 0 saturated carbocycles. The topological polar surface area (TPSA) is 23.5 Å². The number of hydrogen-bond acceptors (Lipinski definition) is 2. The minimum absolute atomic E-state index is 0.0231. The Morgan fingerprint density at radius 2 is 2.12 bits per heavy atom. The lowest BCUT2D eigenvalue weighted by Gasteiger charge is -2.44. The Morgan fingerprint density at radius 1 is 1.41 bits per heavy atom. The zero-order chi connectivity index (χ0) is 12.5. The van der Waals surface area contributed by atoms with Gasteiger partial charge in [-0.3, -0.25) is 0 Å². The number of piperidine rings is 1. The largest absolute Gasteiger partial charge is 0.396 e. The first kappa shape index (κ1) is 12.4. The van der Waals surface area contributed by atoms with Crippen LogP contribution in [-0.2, 0) is 0 Å². The molecule has 0 bridgehead atoms. The number of aliphatic hydroxyl groups excluding tert-OH is 1. The number of benzene rings is 1. The number of nitrogens with zero attached hydrogens (tertiary/aromatic N) is 1. The van der Waals surface area contributed by atoms with E-state index in [4.69, 9.17) is 0 Å². The Kier molecular flexibility index (Phi) is 3.38. The molecule has 3 heteroatoms. The smallest absolute Gasteiger partial charge is 0.146 e. The van der Waals surface area contributed by atoms with Crippen LogP contribution in [0.3, 0.4) is 0 Å². The van der Waals surface area contributed by atoms with Crippen molar-refractivity contribution in [1.82, 2.24) is 0 Å². The summed E-state index contributed by atoms with van der Waals surface area (Å²) < 4.78 is 13.7. The molecule has 1 aromatic carbocycles. The predicted octanol–water partition coefficient (Wildman–Crippen LogP) is 2.67. The van der Waals surface area contributed by atoms with Crippen LogP contribution in [0.4, 0.5) is 10.1 Å². The minimum atomic E-state index is -0.161. The van der Waals surface area contributed by atoms with Gasteiger partial charge >= 0.3 is 0 Å². The van der Waals surface area contributed by atoms with Gasteiger partial charge < -0.3 is 10.0 Å². The summed E-state index contributed by atoms with van der Waals surface area (Å²) >= 11 is 0. The molecule has 1 aliphatic rings. The van der Waals surface area contributed by atoms with Crippen LogP contribution in [0.1, 0.15) is 20.3 Å². The summed E-state index contributed by atoms with van der Waals surface area (Å²) in [5.74, 6) is 0.149. The zero-order valence-corrected chi connectivity index (χ0v) is 10.5. The fourth-order valence-electron chi connectivity index (χ4n) is 2.65. The molecular formula is C14H20FNO. The van der Waals surface area contributed by atoms with Crippen molar-refractivity contribution in [1.29, 1.82) is 0 Å². The van der Waals surface area contributed by atoms with Gasteiger partial charge in [-0.15, -0.1) is 0 Å². The third-order valence-electron chi connectivity index (χ3n) is 3.86. The van der Waals surface area contributed by atoms with Gasteiger partial charge in [0.15, 0.2) is 0 Å². The monoisotopic (exact) mass is 237 g/mol. The lowest BCUT2D eigenvalue weighted by Crippen LogP contribution is -2.47. The van der Waals surface area contributed by atoms with Crippen molar-refractivity contribution in [2.45, 2.75) is 20.3 Å². The van der Waals surface area contributed by atoms with Gasteiger partial charge in [0.25, 0.3) is 0 Å². The van der Waals surface area contributed by atoms with Crippen molar-refractivity contribution >= 4 is 5.69 Å². The van der Waals surface area contributed by atoms with Gasteiger partial charge in [0.05, 0.1) is 5.69 Å². The van der Waals surface area contributed by atoms with E-state index in [0.717, 1.165) is 19.5 Å². The minimum Gasteiger partial charge on any atom is -0.396 e. The summed E-state index contributed by atoms with van der Waals surface area (Å²) in [6, 6.07) is 6.90. The fraction of sp³-hybridized carbons (Fsp3) is 0.571. The third-order valence-corrected chi connectivity index (χ3v) is 3.86. The number of anilines is 1. The van der Waals surface area contributed by atoms with Crippen LogP contribution < -0.4 is 4.90 Å². The summed E-state index contributed by atoms with van der Waals surface area (Å²) in [7, 11) is 0. The van der Waals surface area contributed by atoms with Crippen LogP contribution in [0.15, 0.2) is 24.3 Å². The van der Waals surface area contributed by atoms with Crippen molar-refractivity contribution in [2.24, 2.45) is 11.3 Å². The fourth-order valence-corrected chi connectivity index (χ4v) is 2.65. The lowest BCUT2D eigenvalue weighted by molar-refractivity contribution is 0.0970. The molecular weight excluding hydrogens is 217 g/mol. The number of aliphatic hydroxyl groups is 1. The average Bonchev–Trinajstić information content (AvgIpc) is 2.28. The van der Waals surface area contributed by atoms with Crippen LogP contribution in [0.5, 0.6) is 0 Å². The highest BCUT2D eigenvalue weighted by atomic mass is 19.1.